The molecule has 24 heavy (non-hydrogen) atoms. The lowest BCUT2D eigenvalue weighted by Gasteiger charge is -2.23. The van der Waals surface area contributed by atoms with E-state index in [1.54, 1.807) is 38.1 Å². The summed E-state index contributed by atoms with van der Waals surface area (Å²) in [6.45, 7) is 4.13. The number of carbonyl (C=O) groups excluding carboxylic acids is 1. The van der Waals surface area contributed by atoms with Gasteiger partial charge in [0.15, 0.2) is 0 Å². The Morgan fingerprint density at radius 1 is 1.29 bits per heavy atom. The maximum Gasteiger partial charge on any atom is 0.244 e. The van der Waals surface area contributed by atoms with Crippen molar-refractivity contribution in [2.75, 3.05) is 19.5 Å². The van der Waals surface area contributed by atoms with Crippen molar-refractivity contribution >= 4 is 11.6 Å². The van der Waals surface area contributed by atoms with E-state index in [0.29, 0.717) is 12.3 Å². The first kappa shape index (κ1) is 17.8. The molecule has 0 spiro atoms. The predicted molar refractivity (Wildman–Crippen MR) is 93.7 cm³/mol. The van der Waals surface area contributed by atoms with Crippen LogP contribution in [0.5, 0.6) is 5.75 Å². The summed E-state index contributed by atoms with van der Waals surface area (Å²) in [5.74, 6) is 0.305. The Kier molecular flexibility index (Phi) is 5.79. The van der Waals surface area contributed by atoms with Crippen molar-refractivity contribution < 1.29 is 13.9 Å². The first-order valence-electron chi connectivity index (χ1n) is 7.81. The van der Waals surface area contributed by atoms with Crippen molar-refractivity contribution in [3.05, 3.63) is 59.4 Å². The van der Waals surface area contributed by atoms with Crippen molar-refractivity contribution in [1.29, 1.82) is 0 Å². The Morgan fingerprint density at radius 2 is 2.04 bits per heavy atom. The number of anilines is 1. The average molecular weight is 330 g/mol. The van der Waals surface area contributed by atoms with E-state index in [2.05, 4.69) is 5.32 Å². The van der Waals surface area contributed by atoms with Crippen LogP contribution in [0.2, 0.25) is 0 Å². The molecule has 1 amide bonds. The molecule has 1 N–H and O–H groups in total. The molecule has 0 aromatic heterocycles. The molecule has 5 heteroatoms. The van der Waals surface area contributed by atoms with Crippen LogP contribution in [0.15, 0.2) is 42.5 Å². The Morgan fingerprint density at radius 3 is 2.71 bits per heavy atom. The number of methoxy groups -OCH3 is 1. The molecule has 0 aliphatic carbocycles. The molecule has 0 bridgehead atoms. The van der Waals surface area contributed by atoms with Gasteiger partial charge >= 0.3 is 0 Å². The normalized spacial score (nSPS) is 11.7. The largest absolute Gasteiger partial charge is 0.495 e. The zero-order valence-electron chi connectivity index (χ0n) is 14.5. The lowest BCUT2D eigenvalue weighted by molar-refractivity contribution is -0.130. The molecule has 0 saturated carbocycles. The van der Waals surface area contributed by atoms with Gasteiger partial charge in [0.1, 0.15) is 17.6 Å². The van der Waals surface area contributed by atoms with E-state index in [1.165, 1.54) is 12.1 Å². The van der Waals surface area contributed by atoms with Gasteiger partial charge in [0.2, 0.25) is 5.91 Å². The molecule has 2 aromatic carbocycles. The van der Waals surface area contributed by atoms with E-state index in [1.807, 2.05) is 25.1 Å². The predicted octanol–water partition coefficient (Wildman–Crippen LogP) is 3.60. The minimum atomic E-state index is -0.431. The monoisotopic (exact) mass is 330 g/mol. The molecule has 0 heterocycles. The van der Waals surface area contributed by atoms with E-state index in [9.17, 15) is 9.18 Å². The van der Waals surface area contributed by atoms with E-state index >= 15 is 0 Å². The number of carbonyl (C=O) groups is 1. The van der Waals surface area contributed by atoms with Crippen LogP contribution < -0.4 is 10.1 Å². The molecule has 0 fully saturated rings. The van der Waals surface area contributed by atoms with Crippen molar-refractivity contribution in [2.45, 2.75) is 26.4 Å². The highest BCUT2D eigenvalue weighted by Gasteiger charge is 2.19. The number of aryl methyl sites for hydroxylation is 1. The number of hydrogen-bond donors (Lipinski definition) is 1. The molecule has 0 aliphatic rings. The lowest BCUT2D eigenvalue weighted by Crippen LogP contribution is -2.38. The van der Waals surface area contributed by atoms with E-state index in [0.717, 1.165) is 16.8 Å². The molecule has 0 aliphatic heterocycles. The van der Waals surface area contributed by atoms with Crippen molar-refractivity contribution in [1.82, 2.24) is 4.90 Å². The van der Waals surface area contributed by atoms with Gasteiger partial charge in [-0.1, -0.05) is 18.2 Å². The summed E-state index contributed by atoms with van der Waals surface area (Å²) >= 11 is 0. The van der Waals surface area contributed by atoms with Crippen molar-refractivity contribution in [3.8, 4) is 5.75 Å². The molecular weight excluding hydrogens is 307 g/mol. The third-order valence-electron chi connectivity index (χ3n) is 3.78. The number of ether oxygens (including phenoxy) is 1. The number of halogens is 1. The van der Waals surface area contributed by atoms with Gasteiger partial charge in [0, 0.05) is 13.6 Å². The molecule has 2 aromatic rings. The van der Waals surface area contributed by atoms with Gasteiger partial charge in [0.25, 0.3) is 0 Å². The van der Waals surface area contributed by atoms with E-state index in [4.69, 9.17) is 4.74 Å². The third-order valence-corrected chi connectivity index (χ3v) is 3.78. The van der Waals surface area contributed by atoms with Crippen LogP contribution in [0.3, 0.4) is 0 Å². The molecule has 1 atom stereocenters. The Labute approximate surface area is 142 Å². The summed E-state index contributed by atoms with van der Waals surface area (Å²) in [5, 5.41) is 3.19. The fourth-order valence-electron chi connectivity index (χ4n) is 2.55. The number of nitrogens with one attached hydrogen (secondary N) is 1. The highest BCUT2D eigenvalue weighted by molar-refractivity contribution is 5.84. The molecule has 2 rings (SSSR count). The van der Waals surface area contributed by atoms with Gasteiger partial charge in [-0.2, -0.15) is 0 Å². The number of likely N-dealkylation sites (N-methyl/N-ethyl adjacent to an activating group) is 1. The number of nitrogens with zero attached hydrogens (tertiary/aromatic N) is 1. The van der Waals surface area contributed by atoms with Crippen LogP contribution in [0.4, 0.5) is 10.1 Å². The lowest BCUT2D eigenvalue weighted by atomic mass is 10.1. The van der Waals surface area contributed by atoms with Crippen LogP contribution in [-0.2, 0) is 11.3 Å². The van der Waals surface area contributed by atoms with Gasteiger partial charge in [-0.25, -0.2) is 4.39 Å². The zero-order chi connectivity index (χ0) is 17.7. The quantitative estimate of drug-likeness (QED) is 0.880. The van der Waals surface area contributed by atoms with Crippen LogP contribution in [0.1, 0.15) is 18.1 Å². The summed E-state index contributed by atoms with van der Waals surface area (Å²) in [4.78, 5) is 14.1. The third kappa shape index (κ3) is 4.47. The van der Waals surface area contributed by atoms with E-state index < -0.39 is 6.04 Å². The minimum absolute atomic E-state index is 0.0807. The van der Waals surface area contributed by atoms with Gasteiger partial charge < -0.3 is 15.0 Å². The molecule has 0 unspecified atom stereocenters. The fraction of sp³-hybridized carbons (Fsp3) is 0.316. The first-order chi connectivity index (χ1) is 11.4. The number of rotatable bonds is 6. The topological polar surface area (TPSA) is 41.6 Å². The summed E-state index contributed by atoms with van der Waals surface area (Å²) in [5.41, 5.74) is 2.61. The molecule has 128 valence electrons. The number of benzene rings is 2. The van der Waals surface area contributed by atoms with Gasteiger partial charge in [-0.3, -0.25) is 4.79 Å². The zero-order valence-corrected chi connectivity index (χ0v) is 14.5. The van der Waals surface area contributed by atoms with E-state index in [-0.39, 0.29) is 11.7 Å². The average Bonchev–Trinajstić information content (AvgIpc) is 2.54. The molecule has 0 saturated heterocycles. The van der Waals surface area contributed by atoms with Crippen LogP contribution in [0.25, 0.3) is 0 Å². The van der Waals surface area contributed by atoms with Crippen LogP contribution >= 0.6 is 0 Å². The summed E-state index contributed by atoms with van der Waals surface area (Å²) < 4.78 is 18.6. The molecular formula is C19H23FN2O2. The Hall–Kier alpha value is -2.56. The minimum Gasteiger partial charge on any atom is -0.495 e. The fourth-order valence-corrected chi connectivity index (χ4v) is 2.55. The van der Waals surface area contributed by atoms with Gasteiger partial charge in [-0.15, -0.1) is 0 Å². The summed E-state index contributed by atoms with van der Waals surface area (Å²) in [6, 6.07) is 11.6. The summed E-state index contributed by atoms with van der Waals surface area (Å²) in [7, 11) is 3.30. The summed E-state index contributed by atoms with van der Waals surface area (Å²) in [6.07, 6.45) is 0. The maximum atomic E-state index is 13.3. The Bertz CT molecular complexity index is 718. The van der Waals surface area contributed by atoms with Crippen molar-refractivity contribution in [3.63, 3.8) is 0 Å². The smallest absolute Gasteiger partial charge is 0.244 e. The second-order valence-corrected chi connectivity index (χ2v) is 5.89. The van der Waals surface area contributed by atoms with Crippen LogP contribution in [-0.4, -0.2) is 31.0 Å². The number of amides is 1. The number of hydrogen-bond acceptors (Lipinski definition) is 3. The highest BCUT2D eigenvalue weighted by Crippen LogP contribution is 2.26. The molecule has 0 radical (unpaired) electrons. The second-order valence-electron chi connectivity index (χ2n) is 5.89. The van der Waals surface area contributed by atoms with Crippen LogP contribution in [0, 0.1) is 12.7 Å². The highest BCUT2D eigenvalue weighted by atomic mass is 19.1. The Balaban J connectivity index is 2.05. The van der Waals surface area contributed by atoms with Gasteiger partial charge in [0.05, 0.1) is 12.8 Å². The van der Waals surface area contributed by atoms with Gasteiger partial charge in [-0.05, 0) is 49.2 Å². The maximum absolute atomic E-state index is 13.3. The van der Waals surface area contributed by atoms with Crippen molar-refractivity contribution in [2.24, 2.45) is 0 Å². The first-order valence-corrected chi connectivity index (χ1v) is 7.81. The molecule has 4 nitrogen and oxygen atoms in total. The second kappa shape index (κ2) is 7.81. The standard InChI is InChI=1S/C19H23FN2O2/c1-13-8-9-18(24-4)17(10-13)21-14(2)19(23)22(3)12-15-6-5-7-16(20)11-15/h5-11,14,21H,12H2,1-4H3/t14-/m0/s1. The SMILES string of the molecule is COc1ccc(C)cc1N[C@@H](C)C(=O)N(C)Cc1cccc(F)c1.